The van der Waals surface area contributed by atoms with Gasteiger partial charge in [-0.1, -0.05) is 12.1 Å². The molecule has 0 fully saturated rings. The normalized spacial score (nSPS) is 11.8. The Hall–Kier alpha value is -2.97. The van der Waals surface area contributed by atoms with Gasteiger partial charge in [-0.15, -0.1) is 0 Å². The number of imidazole rings is 1. The molecule has 0 aliphatic rings. The number of benzene rings is 1. The van der Waals surface area contributed by atoms with Gasteiger partial charge in [0, 0.05) is 7.05 Å². The molecule has 0 saturated heterocycles. The molecule has 2 aromatic heterocycles. The summed E-state index contributed by atoms with van der Waals surface area (Å²) in [4.78, 5) is 25.5. The predicted octanol–water partition coefficient (Wildman–Crippen LogP) is 2.52. The van der Waals surface area contributed by atoms with Crippen LogP contribution in [0.5, 0.6) is 0 Å². The van der Waals surface area contributed by atoms with Crippen molar-refractivity contribution in [2.24, 2.45) is 7.05 Å². The first-order valence-electron chi connectivity index (χ1n) is 7.77. The summed E-state index contributed by atoms with van der Waals surface area (Å²) in [5, 5.41) is 0. The number of hydrogen-bond donors (Lipinski definition) is 0. The monoisotopic (exact) mass is 367 g/mol. The Morgan fingerprint density at radius 1 is 1.15 bits per heavy atom. The fraction of sp³-hybridized carbons (Fsp3) is 0.294. The summed E-state index contributed by atoms with van der Waals surface area (Å²) in [7, 11) is 1.54. The average molecular weight is 367 g/mol. The number of nitrogens with zero attached hydrogens (tertiary/aromatic N) is 3. The summed E-state index contributed by atoms with van der Waals surface area (Å²) in [6.07, 6.45) is -3.24. The third kappa shape index (κ3) is 3.66. The molecule has 0 spiro atoms. The Balaban J connectivity index is 1.90. The largest absolute Gasteiger partial charge is 0.467 e. The lowest BCUT2D eigenvalue weighted by molar-refractivity contribution is -0.163. The minimum absolute atomic E-state index is 0.230. The fourth-order valence-corrected chi connectivity index (χ4v) is 2.79. The molecule has 0 aliphatic heterocycles. The van der Waals surface area contributed by atoms with E-state index in [1.807, 2.05) is 0 Å². The van der Waals surface area contributed by atoms with Gasteiger partial charge in [0.2, 0.25) is 5.91 Å². The van der Waals surface area contributed by atoms with Gasteiger partial charge < -0.3 is 9.32 Å². The molecule has 0 N–H and O–H groups in total. The molecule has 3 rings (SSSR count). The van der Waals surface area contributed by atoms with Crippen LogP contribution in [0.15, 0.2) is 51.9 Å². The molecular weight excluding hydrogens is 351 g/mol. The number of amides is 1. The molecule has 1 aromatic carbocycles. The van der Waals surface area contributed by atoms with Crippen molar-refractivity contribution >= 4 is 16.9 Å². The molecule has 0 atom stereocenters. The Morgan fingerprint density at radius 2 is 1.85 bits per heavy atom. The lowest BCUT2D eigenvalue weighted by atomic mass is 10.3. The van der Waals surface area contributed by atoms with Crippen molar-refractivity contribution in [2.45, 2.75) is 19.3 Å². The third-order valence-electron chi connectivity index (χ3n) is 3.99. The minimum Gasteiger partial charge on any atom is -0.467 e. The maximum absolute atomic E-state index is 12.9. The van der Waals surface area contributed by atoms with E-state index in [1.54, 1.807) is 31.3 Å². The first-order chi connectivity index (χ1) is 12.3. The zero-order valence-electron chi connectivity index (χ0n) is 13.9. The van der Waals surface area contributed by atoms with Gasteiger partial charge in [0.25, 0.3) is 0 Å². The van der Waals surface area contributed by atoms with E-state index >= 15 is 0 Å². The zero-order chi connectivity index (χ0) is 18.9. The zero-order valence-corrected chi connectivity index (χ0v) is 13.9. The molecule has 6 nitrogen and oxygen atoms in total. The molecule has 0 unspecified atom stereocenters. The molecule has 0 radical (unpaired) electrons. The van der Waals surface area contributed by atoms with E-state index in [1.165, 1.54) is 27.5 Å². The maximum Gasteiger partial charge on any atom is 0.406 e. The van der Waals surface area contributed by atoms with E-state index in [0.29, 0.717) is 15.9 Å². The minimum atomic E-state index is -4.56. The van der Waals surface area contributed by atoms with E-state index in [2.05, 4.69) is 0 Å². The van der Waals surface area contributed by atoms with Crippen molar-refractivity contribution in [2.75, 3.05) is 6.54 Å². The van der Waals surface area contributed by atoms with Gasteiger partial charge in [-0.05, 0) is 24.3 Å². The third-order valence-corrected chi connectivity index (χ3v) is 3.99. The van der Waals surface area contributed by atoms with Crippen molar-refractivity contribution in [3.05, 3.63) is 58.9 Å². The topological polar surface area (TPSA) is 60.4 Å². The van der Waals surface area contributed by atoms with Crippen LogP contribution in [0.2, 0.25) is 0 Å². The maximum atomic E-state index is 12.9. The smallest absolute Gasteiger partial charge is 0.406 e. The van der Waals surface area contributed by atoms with Crippen LogP contribution in [0.1, 0.15) is 5.76 Å². The second kappa shape index (κ2) is 6.74. The first kappa shape index (κ1) is 17.8. The van der Waals surface area contributed by atoms with E-state index in [9.17, 15) is 22.8 Å². The number of hydrogen-bond acceptors (Lipinski definition) is 3. The molecule has 9 heteroatoms. The van der Waals surface area contributed by atoms with Gasteiger partial charge in [0.05, 0.1) is 23.8 Å². The molecular formula is C17H16F3N3O3. The van der Waals surface area contributed by atoms with Crippen LogP contribution in [0.25, 0.3) is 11.0 Å². The number of aryl methyl sites for hydroxylation is 1. The van der Waals surface area contributed by atoms with Gasteiger partial charge in [0.1, 0.15) is 18.8 Å². The summed E-state index contributed by atoms with van der Waals surface area (Å²) >= 11 is 0. The van der Waals surface area contributed by atoms with Crippen LogP contribution in [0.4, 0.5) is 13.2 Å². The molecule has 3 aromatic rings. The summed E-state index contributed by atoms with van der Waals surface area (Å²) in [5.74, 6) is -0.593. The Morgan fingerprint density at radius 3 is 2.46 bits per heavy atom. The molecule has 2 heterocycles. The van der Waals surface area contributed by atoms with Crippen LogP contribution in [0.3, 0.4) is 0 Å². The molecule has 1 amide bonds. The highest BCUT2D eigenvalue weighted by Gasteiger charge is 2.33. The first-order valence-corrected chi connectivity index (χ1v) is 7.77. The van der Waals surface area contributed by atoms with Gasteiger partial charge >= 0.3 is 11.9 Å². The summed E-state index contributed by atoms with van der Waals surface area (Å²) < 4.78 is 46.2. The lowest BCUT2D eigenvalue weighted by Crippen LogP contribution is -2.41. The van der Waals surface area contributed by atoms with Crippen LogP contribution in [-0.2, 0) is 24.9 Å². The molecule has 0 bridgehead atoms. The number of carbonyl (C=O) groups is 1. The standard InChI is InChI=1S/C17H16F3N3O3/c1-21-13-6-2-3-7-14(13)23(16(21)25)10-15(24)22(11-17(18,19)20)9-12-5-4-8-26-12/h2-8H,9-11H2,1H3. The van der Waals surface area contributed by atoms with Gasteiger partial charge in [-0.3, -0.25) is 13.9 Å². The lowest BCUT2D eigenvalue weighted by Gasteiger charge is -2.23. The summed E-state index contributed by atoms with van der Waals surface area (Å²) in [6.45, 7) is -2.24. The number of carbonyl (C=O) groups excluding carboxylic acids is 1. The average Bonchev–Trinajstić information content (AvgIpc) is 3.16. The van der Waals surface area contributed by atoms with E-state index in [4.69, 9.17) is 4.42 Å². The van der Waals surface area contributed by atoms with E-state index in [-0.39, 0.29) is 12.3 Å². The SMILES string of the molecule is Cn1c(=O)n(CC(=O)N(Cc2ccco2)CC(F)(F)F)c2ccccc21. The fourth-order valence-electron chi connectivity index (χ4n) is 2.79. The molecule has 26 heavy (non-hydrogen) atoms. The van der Waals surface area contributed by atoms with Crippen molar-refractivity contribution < 1.29 is 22.4 Å². The highest BCUT2D eigenvalue weighted by Crippen LogP contribution is 2.19. The Labute approximate surface area is 146 Å². The summed E-state index contributed by atoms with van der Waals surface area (Å²) in [6, 6.07) is 9.79. The van der Waals surface area contributed by atoms with Crippen molar-refractivity contribution in [1.29, 1.82) is 0 Å². The van der Waals surface area contributed by atoms with Gasteiger partial charge in [0.15, 0.2) is 0 Å². The number of rotatable bonds is 5. The highest BCUT2D eigenvalue weighted by molar-refractivity contribution is 5.81. The quantitative estimate of drug-likeness (QED) is 0.696. The Bertz CT molecular complexity index is 971. The van der Waals surface area contributed by atoms with Crippen LogP contribution >= 0.6 is 0 Å². The molecule has 0 saturated carbocycles. The molecule has 138 valence electrons. The van der Waals surface area contributed by atoms with Crippen LogP contribution in [-0.4, -0.2) is 32.7 Å². The second-order valence-electron chi connectivity index (χ2n) is 5.86. The van der Waals surface area contributed by atoms with E-state index in [0.717, 1.165) is 0 Å². The Kier molecular flexibility index (Phi) is 4.62. The summed E-state index contributed by atoms with van der Waals surface area (Å²) in [5.41, 5.74) is 0.613. The van der Waals surface area contributed by atoms with Crippen LogP contribution in [0, 0.1) is 0 Å². The van der Waals surface area contributed by atoms with E-state index < -0.39 is 30.9 Å². The van der Waals surface area contributed by atoms with Crippen molar-refractivity contribution in [3.8, 4) is 0 Å². The number of alkyl halides is 3. The number of aromatic nitrogens is 2. The second-order valence-corrected chi connectivity index (χ2v) is 5.86. The van der Waals surface area contributed by atoms with Crippen LogP contribution < -0.4 is 5.69 Å². The van der Waals surface area contributed by atoms with Crippen molar-refractivity contribution in [1.82, 2.24) is 14.0 Å². The van der Waals surface area contributed by atoms with Crippen molar-refractivity contribution in [3.63, 3.8) is 0 Å². The van der Waals surface area contributed by atoms with Gasteiger partial charge in [-0.25, -0.2) is 4.79 Å². The number of fused-ring (bicyclic) bond motifs is 1. The molecule has 0 aliphatic carbocycles. The predicted molar refractivity (Wildman–Crippen MR) is 87.4 cm³/mol. The number of halogens is 3. The number of furan rings is 1. The number of para-hydroxylation sites is 2. The van der Waals surface area contributed by atoms with Gasteiger partial charge in [-0.2, -0.15) is 13.2 Å². The highest BCUT2D eigenvalue weighted by atomic mass is 19.4.